The van der Waals surface area contributed by atoms with Gasteiger partial charge in [0.2, 0.25) is 0 Å². The van der Waals surface area contributed by atoms with Crippen molar-refractivity contribution in [1.29, 1.82) is 0 Å². The Bertz CT molecular complexity index is 1110. The van der Waals surface area contributed by atoms with Gasteiger partial charge < -0.3 is 4.74 Å². The number of rotatable bonds is 10. The topological polar surface area (TPSA) is 9.23 Å². The monoisotopic (exact) mass is 500 g/mol. The molecule has 0 radical (unpaired) electrons. The molecule has 0 aromatic heterocycles. The van der Waals surface area contributed by atoms with Crippen LogP contribution in [-0.4, -0.2) is 6.36 Å². The maximum atomic E-state index is 15.3. The van der Waals surface area contributed by atoms with Gasteiger partial charge in [-0.15, -0.1) is 13.2 Å². The third kappa shape index (κ3) is 7.24. The van der Waals surface area contributed by atoms with Crippen molar-refractivity contribution in [3.05, 3.63) is 66.0 Å². The number of ether oxygens (including phenoxy) is 1. The van der Waals surface area contributed by atoms with Gasteiger partial charge in [0.25, 0.3) is 0 Å². The minimum atomic E-state index is -4.75. The first-order valence-corrected chi connectivity index (χ1v) is 13.4. The number of halogens is 4. The molecule has 0 unspecified atom stereocenters. The summed E-state index contributed by atoms with van der Waals surface area (Å²) in [7, 11) is 0. The minimum Gasteiger partial charge on any atom is -0.406 e. The lowest BCUT2D eigenvalue weighted by atomic mass is 9.77. The first-order valence-electron chi connectivity index (χ1n) is 13.4. The number of unbranched alkanes of at least 4 members (excludes halogenated alkanes) is 3. The van der Waals surface area contributed by atoms with Gasteiger partial charge in [-0.2, -0.15) is 0 Å². The number of benzene rings is 3. The summed E-state index contributed by atoms with van der Waals surface area (Å²) in [5.41, 5.74) is 2.10. The van der Waals surface area contributed by atoms with Gasteiger partial charge in [0.05, 0.1) is 0 Å². The second kappa shape index (κ2) is 12.1. The van der Waals surface area contributed by atoms with Crippen LogP contribution in [0.5, 0.6) is 5.75 Å². The number of hydrogen-bond acceptors (Lipinski definition) is 1. The summed E-state index contributed by atoms with van der Waals surface area (Å²) >= 11 is 0. The van der Waals surface area contributed by atoms with Crippen LogP contribution in [0.3, 0.4) is 0 Å². The molecule has 36 heavy (non-hydrogen) atoms. The molecular weight excluding hydrogens is 464 g/mol. The van der Waals surface area contributed by atoms with Gasteiger partial charge in [0.1, 0.15) is 11.6 Å². The Morgan fingerprint density at radius 1 is 0.806 bits per heavy atom. The average molecular weight is 501 g/mol. The largest absolute Gasteiger partial charge is 0.573 e. The van der Waals surface area contributed by atoms with Crippen molar-refractivity contribution in [2.75, 3.05) is 0 Å². The predicted molar refractivity (Wildman–Crippen MR) is 139 cm³/mol. The lowest BCUT2D eigenvalue weighted by Gasteiger charge is -2.28. The Morgan fingerprint density at radius 2 is 1.50 bits per heavy atom. The van der Waals surface area contributed by atoms with Crippen molar-refractivity contribution in [1.82, 2.24) is 0 Å². The number of aryl methyl sites for hydroxylation is 1. The normalized spacial score (nSPS) is 18.5. The van der Waals surface area contributed by atoms with Crippen molar-refractivity contribution >= 4 is 10.8 Å². The summed E-state index contributed by atoms with van der Waals surface area (Å²) in [6.07, 6.45) is 9.66. The van der Waals surface area contributed by atoms with E-state index in [0.717, 1.165) is 23.6 Å². The highest BCUT2D eigenvalue weighted by Crippen LogP contribution is 2.35. The highest BCUT2D eigenvalue weighted by molar-refractivity contribution is 5.88. The number of fused-ring (bicyclic) bond motifs is 1. The summed E-state index contributed by atoms with van der Waals surface area (Å²) < 4.78 is 56.4. The summed E-state index contributed by atoms with van der Waals surface area (Å²) in [6.45, 7) is 2.26. The number of alkyl halides is 3. The molecule has 1 nitrogen and oxygen atoms in total. The highest BCUT2D eigenvalue weighted by atomic mass is 19.4. The van der Waals surface area contributed by atoms with E-state index < -0.39 is 6.36 Å². The Kier molecular flexibility index (Phi) is 8.92. The van der Waals surface area contributed by atoms with Crippen molar-refractivity contribution in [2.45, 2.75) is 83.9 Å². The summed E-state index contributed by atoms with van der Waals surface area (Å²) in [5.74, 6) is 1.03. The molecule has 0 bridgehead atoms. The van der Waals surface area contributed by atoms with E-state index in [4.69, 9.17) is 0 Å². The zero-order valence-corrected chi connectivity index (χ0v) is 21.0. The van der Waals surface area contributed by atoms with Crippen molar-refractivity contribution in [3.8, 4) is 16.9 Å². The molecular formula is C31H36F4O. The minimum absolute atomic E-state index is 0.322. The molecule has 0 N–H and O–H groups in total. The first-order chi connectivity index (χ1) is 17.3. The van der Waals surface area contributed by atoms with Crippen LogP contribution in [0.4, 0.5) is 17.6 Å². The Labute approximate surface area is 211 Å². The maximum absolute atomic E-state index is 15.3. The summed E-state index contributed by atoms with van der Waals surface area (Å²) in [4.78, 5) is 0. The van der Waals surface area contributed by atoms with Gasteiger partial charge in [-0.05, 0) is 53.3 Å². The van der Waals surface area contributed by atoms with Crippen LogP contribution in [0.2, 0.25) is 0 Å². The van der Waals surface area contributed by atoms with E-state index in [1.54, 1.807) is 6.07 Å². The van der Waals surface area contributed by atoms with Gasteiger partial charge in [-0.1, -0.05) is 107 Å². The Balaban J connectivity index is 1.34. The molecule has 3 aromatic rings. The highest BCUT2D eigenvalue weighted by Gasteiger charge is 2.31. The molecule has 5 heteroatoms. The fourth-order valence-electron chi connectivity index (χ4n) is 5.60. The maximum Gasteiger partial charge on any atom is 0.573 e. The zero-order valence-electron chi connectivity index (χ0n) is 21.0. The van der Waals surface area contributed by atoms with Crippen LogP contribution < -0.4 is 4.74 Å². The van der Waals surface area contributed by atoms with Crippen molar-refractivity contribution in [3.63, 3.8) is 0 Å². The van der Waals surface area contributed by atoms with Crippen LogP contribution in [0.15, 0.2) is 54.6 Å². The molecule has 0 aliphatic heterocycles. The second-order valence-corrected chi connectivity index (χ2v) is 10.3. The SMILES string of the molecule is CCCCCCC1CCC(CCc2ccc3c(F)c(-c4ccc(OC(F)(F)F)cc4)ccc3c2)CC1. The molecule has 1 aliphatic carbocycles. The third-order valence-corrected chi connectivity index (χ3v) is 7.69. The first kappa shape index (κ1) is 26.5. The van der Waals surface area contributed by atoms with Crippen molar-refractivity contribution < 1.29 is 22.3 Å². The second-order valence-electron chi connectivity index (χ2n) is 10.3. The average Bonchev–Trinajstić information content (AvgIpc) is 2.86. The Hall–Kier alpha value is -2.56. The lowest BCUT2D eigenvalue weighted by Crippen LogP contribution is -2.16. The molecule has 0 heterocycles. The fraction of sp³-hybridized carbons (Fsp3) is 0.484. The van der Waals surface area contributed by atoms with E-state index >= 15 is 4.39 Å². The van der Waals surface area contributed by atoms with Crippen LogP contribution in [0.25, 0.3) is 21.9 Å². The van der Waals surface area contributed by atoms with E-state index in [0.29, 0.717) is 16.5 Å². The molecule has 0 amide bonds. The lowest BCUT2D eigenvalue weighted by molar-refractivity contribution is -0.274. The van der Waals surface area contributed by atoms with Crippen LogP contribution in [-0.2, 0) is 6.42 Å². The fourth-order valence-corrected chi connectivity index (χ4v) is 5.60. The van der Waals surface area contributed by atoms with Gasteiger partial charge in [-0.3, -0.25) is 0 Å². The molecule has 194 valence electrons. The molecule has 1 aliphatic rings. The molecule has 1 fully saturated rings. The van der Waals surface area contributed by atoms with E-state index in [9.17, 15) is 13.2 Å². The van der Waals surface area contributed by atoms with Gasteiger partial charge in [0.15, 0.2) is 0 Å². The summed E-state index contributed by atoms with van der Waals surface area (Å²) in [5, 5.41) is 1.37. The smallest absolute Gasteiger partial charge is 0.406 e. The summed E-state index contributed by atoms with van der Waals surface area (Å²) in [6, 6.07) is 14.8. The standard InChI is InChI=1S/C31H36F4O/c1-2-3-4-5-6-22-7-9-23(10-8-22)11-12-24-13-19-29-26(21-24)16-20-28(30(29)32)25-14-17-27(18-15-25)36-31(33,34)35/h13-23H,2-12H2,1H3. The van der Waals surface area contributed by atoms with Gasteiger partial charge in [-0.25, -0.2) is 4.39 Å². The van der Waals surface area contributed by atoms with Gasteiger partial charge in [0, 0.05) is 10.9 Å². The molecule has 0 atom stereocenters. The number of hydrogen-bond donors (Lipinski definition) is 0. The van der Waals surface area contributed by atoms with E-state index in [-0.39, 0.29) is 11.6 Å². The van der Waals surface area contributed by atoms with Gasteiger partial charge >= 0.3 is 6.36 Å². The molecule has 0 spiro atoms. The van der Waals surface area contributed by atoms with E-state index in [2.05, 4.69) is 17.7 Å². The van der Waals surface area contributed by atoms with E-state index in [1.165, 1.54) is 94.0 Å². The molecule has 0 saturated heterocycles. The van der Waals surface area contributed by atoms with Crippen LogP contribution in [0, 0.1) is 17.7 Å². The molecule has 3 aromatic carbocycles. The quantitative estimate of drug-likeness (QED) is 0.199. The van der Waals surface area contributed by atoms with Crippen LogP contribution >= 0.6 is 0 Å². The van der Waals surface area contributed by atoms with E-state index in [1.807, 2.05) is 18.2 Å². The Morgan fingerprint density at radius 3 is 2.17 bits per heavy atom. The molecule has 1 saturated carbocycles. The van der Waals surface area contributed by atoms with Crippen molar-refractivity contribution in [2.24, 2.45) is 11.8 Å². The zero-order chi connectivity index (χ0) is 25.5. The molecule has 4 rings (SSSR count). The predicted octanol–water partition coefficient (Wildman–Crippen LogP) is 10.3. The van der Waals surface area contributed by atoms with Crippen LogP contribution in [0.1, 0.15) is 76.7 Å². The third-order valence-electron chi connectivity index (χ3n) is 7.69.